The lowest BCUT2D eigenvalue weighted by Gasteiger charge is -2.06. The van der Waals surface area contributed by atoms with Gasteiger partial charge in [-0.15, -0.1) is 0 Å². The molecule has 3 nitrogen and oxygen atoms in total. The molecule has 0 spiro atoms. The third-order valence-corrected chi connectivity index (χ3v) is 3.63. The van der Waals surface area contributed by atoms with E-state index in [0.717, 1.165) is 17.0 Å². The third kappa shape index (κ3) is 3.07. The molecule has 1 aromatic heterocycles. The number of hydrogen-bond acceptors (Lipinski definition) is 1. The second kappa shape index (κ2) is 5.90. The number of carbonyl (C=O) groups is 1. The highest BCUT2D eigenvalue weighted by molar-refractivity contribution is 5.95. The Morgan fingerprint density at radius 3 is 2.45 bits per heavy atom. The van der Waals surface area contributed by atoms with Crippen LogP contribution in [-0.4, -0.2) is 17.0 Å². The summed E-state index contributed by atoms with van der Waals surface area (Å²) in [6.07, 6.45) is 0.691. The molecule has 2 aromatic rings. The Morgan fingerprint density at radius 1 is 1.25 bits per heavy atom. The highest BCUT2D eigenvalue weighted by atomic mass is 19.1. The number of rotatable bonds is 4. The van der Waals surface area contributed by atoms with Crippen molar-refractivity contribution in [3.8, 4) is 0 Å². The molecule has 1 amide bonds. The predicted molar refractivity (Wildman–Crippen MR) is 77.3 cm³/mol. The van der Waals surface area contributed by atoms with Crippen molar-refractivity contribution in [1.82, 2.24) is 9.88 Å². The second-order valence-corrected chi connectivity index (χ2v) is 4.98. The number of halogens is 1. The van der Waals surface area contributed by atoms with Crippen LogP contribution in [0.25, 0.3) is 0 Å². The maximum Gasteiger partial charge on any atom is 0.253 e. The molecule has 0 bridgehead atoms. The lowest BCUT2D eigenvalue weighted by atomic mass is 10.1. The SMILES string of the molecule is Cc1cc(C(=O)NCCc2ccc(F)cc2)c(C)n1C. The fourth-order valence-electron chi connectivity index (χ4n) is 2.15. The molecule has 1 aromatic carbocycles. The smallest absolute Gasteiger partial charge is 0.253 e. The van der Waals surface area contributed by atoms with E-state index in [4.69, 9.17) is 0 Å². The van der Waals surface area contributed by atoms with E-state index >= 15 is 0 Å². The molecule has 1 heterocycles. The summed E-state index contributed by atoms with van der Waals surface area (Å²) in [7, 11) is 1.94. The van der Waals surface area contributed by atoms with E-state index in [0.29, 0.717) is 18.5 Å². The fourth-order valence-corrected chi connectivity index (χ4v) is 2.15. The van der Waals surface area contributed by atoms with Crippen LogP contribution in [0.3, 0.4) is 0 Å². The number of nitrogens with zero attached hydrogens (tertiary/aromatic N) is 1. The van der Waals surface area contributed by atoms with Gasteiger partial charge >= 0.3 is 0 Å². The van der Waals surface area contributed by atoms with E-state index < -0.39 is 0 Å². The van der Waals surface area contributed by atoms with E-state index in [1.807, 2.05) is 31.5 Å². The van der Waals surface area contributed by atoms with Gasteiger partial charge in [-0.3, -0.25) is 4.79 Å². The summed E-state index contributed by atoms with van der Waals surface area (Å²) in [4.78, 5) is 12.1. The summed E-state index contributed by atoms with van der Waals surface area (Å²) in [5.74, 6) is -0.304. The van der Waals surface area contributed by atoms with Crippen molar-refractivity contribution in [2.75, 3.05) is 6.54 Å². The van der Waals surface area contributed by atoms with E-state index in [2.05, 4.69) is 5.32 Å². The van der Waals surface area contributed by atoms with Gasteiger partial charge in [-0.05, 0) is 44.0 Å². The average molecular weight is 274 g/mol. The van der Waals surface area contributed by atoms with Crippen molar-refractivity contribution in [3.05, 3.63) is 58.7 Å². The number of nitrogens with one attached hydrogen (secondary N) is 1. The van der Waals surface area contributed by atoms with Gasteiger partial charge in [0.05, 0.1) is 5.56 Å². The van der Waals surface area contributed by atoms with Crippen molar-refractivity contribution < 1.29 is 9.18 Å². The monoisotopic (exact) mass is 274 g/mol. The van der Waals surface area contributed by atoms with Crippen LogP contribution in [0.15, 0.2) is 30.3 Å². The summed E-state index contributed by atoms with van der Waals surface area (Å²) in [5, 5.41) is 2.90. The normalized spacial score (nSPS) is 10.6. The highest BCUT2D eigenvalue weighted by Gasteiger charge is 2.13. The highest BCUT2D eigenvalue weighted by Crippen LogP contribution is 2.12. The molecule has 0 fully saturated rings. The van der Waals surface area contributed by atoms with Crippen LogP contribution in [0, 0.1) is 19.7 Å². The first-order valence-corrected chi connectivity index (χ1v) is 6.64. The van der Waals surface area contributed by atoms with E-state index in [1.165, 1.54) is 12.1 Å². The van der Waals surface area contributed by atoms with Gasteiger partial charge in [0.15, 0.2) is 0 Å². The van der Waals surface area contributed by atoms with Gasteiger partial charge in [0.2, 0.25) is 0 Å². The maximum atomic E-state index is 12.8. The molecular formula is C16H19FN2O. The van der Waals surface area contributed by atoms with Crippen molar-refractivity contribution in [2.24, 2.45) is 7.05 Å². The lowest BCUT2D eigenvalue weighted by molar-refractivity contribution is 0.0953. The van der Waals surface area contributed by atoms with Gasteiger partial charge in [-0.1, -0.05) is 12.1 Å². The molecule has 4 heteroatoms. The van der Waals surface area contributed by atoms with E-state index in [-0.39, 0.29) is 11.7 Å². The van der Waals surface area contributed by atoms with Crippen molar-refractivity contribution in [1.29, 1.82) is 0 Å². The van der Waals surface area contributed by atoms with Crippen LogP contribution in [0.1, 0.15) is 27.3 Å². The number of hydrogen-bond donors (Lipinski definition) is 1. The number of aryl methyl sites for hydroxylation is 1. The van der Waals surface area contributed by atoms with Crippen molar-refractivity contribution >= 4 is 5.91 Å². The summed E-state index contributed by atoms with van der Waals surface area (Å²) < 4.78 is 14.8. The number of amides is 1. The molecule has 0 radical (unpaired) electrons. The molecule has 0 saturated carbocycles. The van der Waals surface area contributed by atoms with Crippen LogP contribution in [0.5, 0.6) is 0 Å². The van der Waals surface area contributed by atoms with E-state index in [9.17, 15) is 9.18 Å². The number of carbonyl (C=O) groups excluding carboxylic acids is 1. The van der Waals surface area contributed by atoms with Gasteiger partial charge in [-0.25, -0.2) is 4.39 Å². The summed E-state index contributed by atoms with van der Waals surface area (Å²) >= 11 is 0. The topological polar surface area (TPSA) is 34.0 Å². The van der Waals surface area contributed by atoms with Gasteiger partial charge < -0.3 is 9.88 Å². The zero-order valence-electron chi connectivity index (χ0n) is 12.0. The van der Waals surface area contributed by atoms with Crippen LogP contribution in [0.4, 0.5) is 4.39 Å². The second-order valence-electron chi connectivity index (χ2n) is 4.98. The summed E-state index contributed by atoms with van der Waals surface area (Å²) in [6.45, 7) is 4.45. The van der Waals surface area contributed by atoms with E-state index in [1.54, 1.807) is 12.1 Å². The Labute approximate surface area is 118 Å². The Bertz CT molecular complexity index is 614. The third-order valence-electron chi connectivity index (χ3n) is 3.63. The lowest BCUT2D eigenvalue weighted by Crippen LogP contribution is -2.26. The van der Waals surface area contributed by atoms with Crippen molar-refractivity contribution in [3.63, 3.8) is 0 Å². The zero-order chi connectivity index (χ0) is 14.7. The number of aromatic nitrogens is 1. The van der Waals surface area contributed by atoms with Crippen LogP contribution in [0.2, 0.25) is 0 Å². The molecule has 0 atom stereocenters. The average Bonchev–Trinajstić information content (AvgIpc) is 2.69. The molecule has 0 aliphatic carbocycles. The van der Waals surface area contributed by atoms with Crippen LogP contribution < -0.4 is 5.32 Å². The molecule has 106 valence electrons. The molecule has 2 rings (SSSR count). The maximum absolute atomic E-state index is 12.8. The fraction of sp³-hybridized carbons (Fsp3) is 0.312. The Kier molecular flexibility index (Phi) is 4.23. The molecule has 0 saturated heterocycles. The number of benzene rings is 1. The Hall–Kier alpha value is -2.10. The summed E-state index contributed by atoms with van der Waals surface area (Å²) in [5.41, 5.74) is 3.74. The minimum Gasteiger partial charge on any atom is -0.352 e. The first kappa shape index (κ1) is 14.3. The minimum atomic E-state index is -0.242. The van der Waals surface area contributed by atoms with Gasteiger partial charge in [-0.2, -0.15) is 0 Å². The Balaban J connectivity index is 1.92. The van der Waals surface area contributed by atoms with Gasteiger partial charge in [0.1, 0.15) is 5.82 Å². The van der Waals surface area contributed by atoms with Gasteiger partial charge in [0, 0.05) is 25.0 Å². The van der Waals surface area contributed by atoms with Gasteiger partial charge in [0.25, 0.3) is 5.91 Å². The first-order chi connectivity index (χ1) is 9.49. The molecule has 0 aliphatic heterocycles. The largest absolute Gasteiger partial charge is 0.352 e. The predicted octanol–water partition coefficient (Wildman–Crippen LogP) is 2.75. The standard InChI is InChI=1S/C16H19FN2O/c1-11-10-15(12(2)19(11)3)16(20)18-9-8-13-4-6-14(17)7-5-13/h4-7,10H,8-9H2,1-3H3,(H,18,20). The van der Waals surface area contributed by atoms with Crippen molar-refractivity contribution in [2.45, 2.75) is 20.3 Å². The zero-order valence-corrected chi connectivity index (χ0v) is 12.0. The quantitative estimate of drug-likeness (QED) is 0.914. The molecule has 1 N–H and O–H groups in total. The summed E-state index contributed by atoms with van der Waals surface area (Å²) in [6, 6.07) is 8.23. The molecular weight excluding hydrogens is 255 g/mol. The Morgan fingerprint density at radius 2 is 1.90 bits per heavy atom. The van der Waals surface area contributed by atoms with Crippen LogP contribution in [-0.2, 0) is 13.5 Å². The van der Waals surface area contributed by atoms with Crippen LogP contribution >= 0.6 is 0 Å². The minimum absolute atomic E-state index is 0.0617. The first-order valence-electron chi connectivity index (χ1n) is 6.64. The molecule has 20 heavy (non-hydrogen) atoms. The molecule has 0 aliphatic rings. The molecule has 0 unspecified atom stereocenters.